The van der Waals surface area contributed by atoms with Crippen LogP contribution >= 0.6 is 15.9 Å². The summed E-state index contributed by atoms with van der Waals surface area (Å²) in [4.78, 5) is 35.1. The monoisotopic (exact) mass is 361 g/mol. The maximum Gasteiger partial charge on any atom is 0.322 e. The molecule has 112 valence electrons. The van der Waals surface area contributed by atoms with Crippen molar-refractivity contribution < 1.29 is 19.5 Å². The Morgan fingerprint density at radius 1 is 0.955 bits per heavy atom. The van der Waals surface area contributed by atoms with Crippen molar-refractivity contribution in [2.24, 2.45) is 0 Å². The first-order valence-corrected chi connectivity index (χ1v) is 7.17. The van der Waals surface area contributed by atoms with Crippen molar-refractivity contribution in [1.82, 2.24) is 5.32 Å². The molecule has 5 nitrogen and oxygen atoms in total. The van der Waals surface area contributed by atoms with Crippen LogP contribution in [-0.4, -0.2) is 29.3 Å². The molecule has 0 radical (unpaired) electrons. The summed E-state index contributed by atoms with van der Waals surface area (Å²) in [5, 5.41) is 10.9. The zero-order chi connectivity index (χ0) is 16.1. The normalized spacial score (nSPS) is 10.0. The Morgan fingerprint density at radius 3 is 2.14 bits per heavy atom. The molecule has 0 aliphatic rings. The van der Waals surface area contributed by atoms with Gasteiger partial charge in [0.1, 0.15) is 6.54 Å². The third-order valence-corrected chi connectivity index (χ3v) is 3.45. The third-order valence-electron chi connectivity index (χ3n) is 2.92. The van der Waals surface area contributed by atoms with Crippen LogP contribution in [0.15, 0.2) is 53.0 Å². The van der Waals surface area contributed by atoms with Gasteiger partial charge in [0.05, 0.1) is 5.56 Å². The van der Waals surface area contributed by atoms with Crippen molar-refractivity contribution in [2.75, 3.05) is 6.54 Å². The lowest BCUT2D eigenvalue weighted by Gasteiger charge is -2.08. The van der Waals surface area contributed by atoms with Crippen LogP contribution in [0.3, 0.4) is 0 Å². The molecule has 0 spiro atoms. The van der Waals surface area contributed by atoms with E-state index in [0.717, 1.165) is 4.47 Å². The highest BCUT2D eigenvalue weighted by atomic mass is 79.9. The smallest absolute Gasteiger partial charge is 0.322 e. The predicted octanol–water partition coefficient (Wildman–Crippen LogP) is 2.49. The molecule has 0 bridgehead atoms. The Bertz CT molecular complexity index is 725. The fourth-order valence-electron chi connectivity index (χ4n) is 1.89. The lowest BCUT2D eigenvalue weighted by Crippen LogP contribution is -2.30. The number of hydrogen-bond donors (Lipinski definition) is 2. The second kappa shape index (κ2) is 7.00. The number of carbonyl (C=O) groups is 3. The van der Waals surface area contributed by atoms with Gasteiger partial charge in [0, 0.05) is 15.6 Å². The SMILES string of the molecule is O=C(O)CNC(=O)c1ccccc1C(=O)c1ccc(Br)cc1. The van der Waals surface area contributed by atoms with Crippen LogP contribution in [0.1, 0.15) is 26.3 Å². The van der Waals surface area contributed by atoms with Gasteiger partial charge >= 0.3 is 5.97 Å². The number of carboxylic acids is 1. The highest BCUT2D eigenvalue weighted by Crippen LogP contribution is 2.17. The highest BCUT2D eigenvalue weighted by molar-refractivity contribution is 9.10. The first-order chi connectivity index (χ1) is 10.5. The third kappa shape index (κ3) is 3.79. The largest absolute Gasteiger partial charge is 0.480 e. The summed E-state index contributed by atoms with van der Waals surface area (Å²) in [5.74, 6) is -2.04. The van der Waals surface area contributed by atoms with Gasteiger partial charge in [-0.2, -0.15) is 0 Å². The van der Waals surface area contributed by atoms with E-state index >= 15 is 0 Å². The molecule has 6 heteroatoms. The lowest BCUT2D eigenvalue weighted by atomic mass is 9.98. The van der Waals surface area contributed by atoms with Gasteiger partial charge < -0.3 is 10.4 Å². The average molecular weight is 362 g/mol. The number of carboxylic acid groups (broad SMARTS) is 1. The van der Waals surface area contributed by atoms with E-state index in [4.69, 9.17) is 5.11 Å². The number of ketones is 1. The number of hydrogen-bond acceptors (Lipinski definition) is 3. The first kappa shape index (κ1) is 15.9. The minimum absolute atomic E-state index is 0.150. The number of carbonyl (C=O) groups excluding carboxylic acids is 2. The van der Waals surface area contributed by atoms with E-state index < -0.39 is 18.4 Å². The lowest BCUT2D eigenvalue weighted by molar-refractivity contribution is -0.135. The number of aliphatic carboxylic acids is 1. The van der Waals surface area contributed by atoms with E-state index in [1.807, 2.05) is 0 Å². The quantitative estimate of drug-likeness (QED) is 0.801. The molecule has 2 aromatic rings. The topological polar surface area (TPSA) is 83.5 Å². The fourth-order valence-corrected chi connectivity index (χ4v) is 2.15. The second-order valence-electron chi connectivity index (χ2n) is 4.46. The van der Waals surface area contributed by atoms with Gasteiger partial charge in [-0.25, -0.2) is 0 Å². The van der Waals surface area contributed by atoms with Crippen molar-refractivity contribution in [1.29, 1.82) is 0 Å². The Balaban J connectivity index is 2.31. The van der Waals surface area contributed by atoms with Crippen molar-refractivity contribution in [3.05, 3.63) is 69.7 Å². The molecule has 0 saturated heterocycles. The van der Waals surface area contributed by atoms with Gasteiger partial charge in [0.15, 0.2) is 5.78 Å². The molecular formula is C16H12BrNO4. The molecule has 0 heterocycles. The van der Waals surface area contributed by atoms with Crippen LogP contribution in [0.2, 0.25) is 0 Å². The van der Waals surface area contributed by atoms with Crippen molar-refractivity contribution >= 4 is 33.6 Å². The van der Waals surface area contributed by atoms with Gasteiger partial charge in [-0.15, -0.1) is 0 Å². The van der Waals surface area contributed by atoms with E-state index in [1.165, 1.54) is 6.07 Å². The molecular weight excluding hydrogens is 350 g/mol. The van der Waals surface area contributed by atoms with Gasteiger partial charge in [-0.05, 0) is 30.3 Å². The number of benzene rings is 2. The Kier molecular flexibility index (Phi) is 5.06. The molecule has 2 N–H and O–H groups in total. The molecule has 22 heavy (non-hydrogen) atoms. The van der Waals surface area contributed by atoms with Gasteiger partial charge in [0.2, 0.25) is 0 Å². The molecule has 0 aliphatic carbocycles. The zero-order valence-electron chi connectivity index (χ0n) is 11.4. The number of amides is 1. The summed E-state index contributed by atoms with van der Waals surface area (Å²) in [6, 6.07) is 13.1. The standard InChI is InChI=1S/C16H12BrNO4/c17-11-7-5-10(6-8-11)15(21)12-3-1-2-4-13(12)16(22)18-9-14(19)20/h1-8H,9H2,(H,18,22)(H,19,20). The summed E-state index contributed by atoms with van der Waals surface area (Å²) in [5.41, 5.74) is 0.825. The van der Waals surface area contributed by atoms with Gasteiger partial charge in [-0.1, -0.05) is 34.1 Å². The van der Waals surface area contributed by atoms with E-state index in [9.17, 15) is 14.4 Å². The molecule has 0 atom stereocenters. The molecule has 0 unspecified atom stereocenters. The first-order valence-electron chi connectivity index (χ1n) is 6.38. The molecule has 0 aromatic heterocycles. The van der Waals surface area contributed by atoms with Gasteiger partial charge in [0.25, 0.3) is 5.91 Å². The Hall–Kier alpha value is -2.47. The summed E-state index contributed by atoms with van der Waals surface area (Å²) >= 11 is 3.29. The van der Waals surface area contributed by atoms with Crippen LogP contribution in [0.25, 0.3) is 0 Å². The molecule has 0 saturated carbocycles. The number of rotatable bonds is 5. The number of nitrogens with one attached hydrogen (secondary N) is 1. The number of halogens is 1. The van der Waals surface area contributed by atoms with E-state index in [-0.39, 0.29) is 16.9 Å². The second-order valence-corrected chi connectivity index (χ2v) is 5.37. The summed E-state index contributed by atoms with van der Waals surface area (Å²) < 4.78 is 0.844. The summed E-state index contributed by atoms with van der Waals surface area (Å²) in [7, 11) is 0. The maximum absolute atomic E-state index is 12.5. The fraction of sp³-hybridized carbons (Fsp3) is 0.0625. The van der Waals surface area contributed by atoms with Crippen molar-refractivity contribution in [3.8, 4) is 0 Å². The van der Waals surface area contributed by atoms with Gasteiger partial charge in [-0.3, -0.25) is 14.4 Å². The minimum atomic E-state index is -1.15. The predicted molar refractivity (Wildman–Crippen MR) is 84.0 cm³/mol. The van der Waals surface area contributed by atoms with Crippen LogP contribution < -0.4 is 5.32 Å². The summed E-state index contributed by atoms with van der Waals surface area (Å²) in [6.07, 6.45) is 0. The zero-order valence-corrected chi connectivity index (χ0v) is 13.0. The highest BCUT2D eigenvalue weighted by Gasteiger charge is 2.18. The van der Waals surface area contributed by atoms with Crippen LogP contribution in [0.5, 0.6) is 0 Å². The van der Waals surface area contributed by atoms with Crippen LogP contribution in [-0.2, 0) is 4.79 Å². The summed E-state index contributed by atoms with van der Waals surface area (Å²) in [6.45, 7) is -0.500. The molecule has 2 aromatic carbocycles. The van der Waals surface area contributed by atoms with E-state index in [2.05, 4.69) is 21.2 Å². The van der Waals surface area contributed by atoms with E-state index in [0.29, 0.717) is 5.56 Å². The maximum atomic E-state index is 12.5. The average Bonchev–Trinajstić information content (AvgIpc) is 2.52. The Labute approximate surface area is 135 Å². The van der Waals surface area contributed by atoms with E-state index in [1.54, 1.807) is 42.5 Å². The molecule has 2 rings (SSSR count). The van der Waals surface area contributed by atoms with Crippen LogP contribution in [0.4, 0.5) is 0 Å². The molecule has 0 fully saturated rings. The van der Waals surface area contributed by atoms with Crippen LogP contribution in [0, 0.1) is 0 Å². The minimum Gasteiger partial charge on any atom is -0.480 e. The van der Waals surface area contributed by atoms with Crippen molar-refractivity contribution in [2.45, 2.75) is 0 Å². The Morgan fingerprint density at radius 2 is 1.55 bits per heavy atom. The molecule has 1 amide bonds. The van der Waals surface area contributed by atoms with Crippen molar-refractivity contribution in [3.63, 3.8) is 0 Å². The molecule has 0 aliphatic heterocycles.